The number of aryl methyl sites for hydroxylation is 1. The summed E-state index contributed by atoms with van der Waals surface area (Å²) >= 11 is 0. The minimum absolute atomic E-state index is 0.344. The highest BCUT2D eigenvalue weighted by molar-refractivity contribution is 5.96. The maximum absolute atomic E-state index is 12.3. The Morgan fingerprint density at radius 3 is 2.62 bits per heavy atom. The van der Waals surface area contributed by atoms with Crippen molar-refractivity contribution >= 4 is 22.6 Å². The number of nitriles is 1. The summed E-state index contributed by atoms with van der Waals surface area (Å²) in [4.78, 5) is 23.8. The summed E-state index contributed by atoms with van der Waals surface area (Å²) in [5, 5.41) is 12.3. The van der Waals surface area contributed by atoms with Crippen LogP contribution in [-0.2, 0) is 4.79 Å². The predicted octanol–water partition coefficient (Wildman–Crippen LogP) is 3.38. The van der Waals surface area contributed by atoms with Crippen molar-refractivity contribution in [2.24, 2.45) is 0 Å². The zero-order valence-electron chi connectivity index (χ0n) is 14.3. The van der Waals surface area contributed by atoms with Crippen LogP contribution in [0.3, 0.4) is 0 Å². The molecule has 130 valence electrons. The summed E-state index contributed by atoms with van der Waals surface area (Å²) in [6.45, 7) is 3.45. The summed E-state index contributed by atoms with van der Waals surface area (Å²) in [5.41, 5.74) is 1.81. The average molecular weight is 348 g/mol. The highest BCUT2D eigenvalue weighted by Crippen LogP contribution is 2.21. The van der Waals surface area contributed by atoms with Crippen LogP contribution in [0.1, 0.15) is 18.1 Å². The molecule has 0 bridgehead atoms. The van der Waals surface area contributed by atoms with E-state index in [9.17, 15) is 9.59 Å². The van der Waals surface area contributed by atoms with E-state index in [0.717, 1.165) is 10.9 Å². The van der Waals surface area contributed by atoms with E-state index in [0.29, 0.717) is 22.6 Å². The van der Waals surface area contributed by atoms with Gasteiger partial charge in [-0.2, -0.15) is 5.26 Å². The Balaban J connectivity index is 1.73. The van der Waals surface area contributed by atoms with Gasteiger partial charge in [-0.3, -0.25) is 4.79 Å². The molecule has 1 amide bonds. The zero-order valence-corrected chi connectivity index (χ0v) is 14.3. The quantitative estimate of drug-likeness (QED) is 0.730. The summed E-state index contributed by atoms with van der Waals surface area (Å²) in [7, 11) is 0. The molecule has 1 atom stereocenters. The van der Waals surface area contributed by atoms with E-state index in [2.05, 4.69) is 5.32 Å². The van der Waals surface area contributed by atoms with Gasteiger partial charge in [0.15, 0.2) is 6.10 Å². The second-order valence-corrected chi connectivity index (χ2v) is 5.84. The fourth-order valence-corrected chi connectivity index (χ4v) is 2.51. The number of nitrogens with zero attached hydrogens (tertiary/aromatic N) is 1. The van der Waals surface area contributed by atoms with Gasteiger partial charge in [0.05, 0.1) is 11.6 Å². The van der Waals surface area contributed by atoms with Crippen molar-refractivity contribution in [3.05, 3.63) is 70.1 Å². The van der Waals surface area contributed by atoms with Gasteiger partial charge in [-0.15, -0.1) is 0 Å². The lowest BCUT2D eigenvalue weighted by Crippen LogP contribution is -2.30. The highest BCUT2D eigenvalue weighted by Gasteiger charge is 2.15. The third kappa shape index (κ3) is 3.73. The first-order valence-corrected chi connectivity index (χ1v) is 7.98. The molecule has 0 spiro atoms. The molecule has 0 aliphatic carbocycles. The van der Waals surface area contributed by atoms with Crippen molar-refractivity contribution in [2.45, 2.75) is 20.0 Å². The molecular weight excluding hydrogens is 332 g/mol. The number of carbonyl (C=O) groups excluding carboxylic acids is 1. The lowest BCUT2D eigenvalue weighted by Gasteiger charge is -2.15. The topological polar surface area (TPSA) is 92.3 Å². The molecule has 0 saturated heterocycles. The van der Waals surface area contributed by atoms with E-state index in [1.54, 1.807) is 49.4 Å². The fourth-order valence-electron chi connectivity index (χ4n) is 2.51. The monoisotopic (exact) mass is 348 g/mol. The van der Waals surface area contributed by atoms with Crippen molar-refractivity contribution in [1.82, 2.24) is 0 Å². The predicted molar refractivity (Wildman–Crippen MR) is 97.1 cm³/mol. The van der Waals surface area contributed by atoms with Crippen LogP contribution in [0.25, 0.3) is 11.0 Å². The Kier molecular flexibility index (Phi) is 4.72. The Labute approximate surface area is 149 Å². The first-order valence-electron chi connectivity index (χ1n) is 7.98. The van der Waals surface area contributed by atoms with Crippen LogP contribution < -0.4 is 15.7 Å². The van der Waals surface area contributed by atoms with Crippen LogP contribution in [0, 0.1) is 18.3 Å². The molecule has 0 fully saturated rings. The molecule has 1 heterocycles. The number of nitrogens with one attached hydrogen (secondary N) is 1. The van der Waals surface area contributed by atoms with Crippen molar-refractivity contribution in [3.63, 3.8) is 0 Å². The molecule has 6 heteroatoms. The van der Waals surface area contributed by atoms with Crippen LogP contribution >= 0.6 is 0 Å². The van der Waals surface area contributed by atoms with Gasteiger partial charge >= 0.3 is 5.63 Å². The number of hydrogen-bond acceptors (Lipinski definition) is 5. The minimum atomic E-state index is -0.747. The molecule has 3 rings (SSSR count). The molecule has 0 aliphatic rings. The maximum Gasteiger partial charge on any atom is 0.336 e. The van der Waals surface area contributed by atoms with Gasteiger partial charge in [0.1, 0.15) is 11.3 Å². The average Bonchev–Trinajstić information content (AvgIpc) is 2.61. The largest absolute Gasteiger partial charge is 0.481 e. The Morgan fingerprint density at radius 2 is 1.92 bits per heavy atom. The number of carbonyl (C=O) groups is 1. The van der Waals surface area contributed by atoms with Gasteiger partial charge in [-0.05, 0) is 55.8 Å². The van der Waals surface area contributed by atoms with Crippen LogP contribution in [0.15, 0.2) is 57.7 Å². The lowest BCUT2D eigenvalue weighted by molar-refractivity contribution is -0.122. The smallest absolute Gasteiger partial charge is 0.336 e. The van der Waals surface area contributed by atoms with E-state index in [1.807, 2.05) is 13.0 Å². The van der Waals surface area contributed by atoms with Gasteiger partial charge in [-0.1, -0.05) is 0 Å². The van der Waals surface area contributed by atoms with Crippen molar-refractivity contribution in [2.75, 3.05) is 5.32 Å². The molecule has 1 aromatic heterocycles. The van der Waals surface area contributed by atoms with Crippen LogP contribution in [0.2, 0.25) is 0 Å². The zero-order chi connectivity index (χ0) is 18.7. The van der Waals surface area contributed by atoms with Crippen LogP contribution in [0.4, 0.5) is 5.69 Å². The summed E-state index contributed by atoms with van der Waals surface area (Å²) < 4.78 is 10.8. The molecule has 0 radical (unpaired) electrons. The van der Waals surface area contributed by atoms with E-state index in [4.69, 9.17) is 14.4 Å². The molecular formula is C20H16N2O4. The Bertz CT molecular complexity index is 1060. The number of rotatable bonds is 4. The second-order valence-electron chi connectivity index (χ2n) is 5.84. The van der Waals surface area contributed by atoms with Gasteiger partial charge in [0.2, 0.25) is 0 Å². The van der Waals surface area contributed by atoms with Crippen molar-refractivity contribution in [3.8, 4) is 11.8 Å². The fraction of sp³-hybridized carbons (Fsp3) is 0.150. The summed E-state index contributed by atoms with van der Waals surface area (Å²) in [5.74, 6) is 0.149. The molecule has 1 N–H and O–H groups in total. The van der Waals surface area contributed by atoms with E-state index < -0.39 is 11.7 Å². The maximum atomic E-state index is 12.3. The molecule has 26 heavy (non-hydrogen) atoms. The molecule has 0 unspecified atom stereocenters. The molecule has 2 aromatic carbocycles. The van der Waals surface area contributed by atoms with Crippen LogP contribution in [-0.4, -0.2) is 12.0 Å². The Hall–Kier alpha value is -3.59. The van der Waals surface area contributed by atoms with E-state index in [1.165, 1.54) is 6.07 Å². The normalized spacial score (nSPS) is 11.6. The SMILES string of the molecule is Cc1cc(=O)oc2cc(NC(=O)[C@H](C)Oc3ccc(C#N)cc3)ccc12. The van der Waals surface area contributed by atoms with Gasteiger partial charge < -0.3 is 14.5 Å². The van der Waals surface area contributed by atoms with Gasteiger partial charge in [0, 0.05) is 23.2 Å². The number of anilines is 1. The van der Waals surface area contributed by atoms with Gasteiger partial charge in [-0.25, -0.2) is 4.79 Å². The third-order valence-corrected chi connectivity index (χ3v) is 3.88. The van der Waals surface area contributed by atoms with E-state index >= 15 is 0 Å². The Morgan fingerprint density at radius 1 is 1.19 bits per heavy atom. The highest BCUT2D eigenvalue weighted by atomic mass is 16.5. The lowest BCUT2D eigenvalue weighted by atomic mass is 10.1. The number of benzene rings is 2. The van der Waals surface area contributed by atoms with Gasteiger partial charge in [0.25, 0.3) is 5.91 Å². The number of amides is 1. The summed E-state index contributed by atoms with van der Waals surface area (Å²) in [6, 6.07) is 15.1. The summed E-state index contributed by atoms with van der Waals surface area (Å²) in [6.07, 6.45) is -0.747. The molecule has 6 nitrogen and oxygen atoms in total. The first kappa shape index (κ1) is 17.2. The minimum Gasteiger partial charge on any atom is -0.481 e. The molecule has 0 aliphatic heterocycles. The number of ether oxygens (including phenoxy) is 1. The van der Waals surface area contributed by atoms with Crippen LogP contribution in [0.5, 0.6) is 5.75 Å². The van der Waals surface area contributed by atoms with E-state index in [-0.39, 0.29) is 5.91 Å². The molecule has 3 aromatic rings. The van der Waals surface area contributed by atoms with Crippen molar-refractivity contribution < 1.29 is 13.9 Å². The number of hydrogen-bond donors (Lipinski definition) is 1. The first-order chi connectivity index (χ1) is 12.5. The number of fused-ring (bicyclic) bond motifs is 1. The third-order valence-electron chi connectivity index (χ3n) is 3.88. The van der Waals surface area contributed by atoms with Crippen molar-refractivity contribution in [1.29, 1.82) is 5.26 Å². The second kappa shape index (κ2) is 7.11. The standard InChI is InChI=1S/C20H16N2O4/c1-12-9-19(23)26-18-10-15(5-8-17(12)18)22-20(24)13(2)25-16-6-3-14(11-21)4-7-16/h3-10,13H,1-2H3,(H,22,24)/t13-/m0/s1. The molecule has 0 saturated carbocycles.